The molecule has 0 aromatic carbocycles. The van der Waals surface area contributed by atoms with Crippen molar-refractivity contribution in [1.82, 2.24) is 0 Å². The van der Waals surface area contributed by atoms with E-state index >= 15 is 0 Å². The van der Waals surface area contributed by atoms with E-state index in [-0.39, 0.29) is 6.61 Å². The van der Waals surface area contributed by atoms with Crippen LogP contribution in [0.2, 0.25) is 6.04 Å². The minimum atomic E-state index is -0.677. The Bertz CT molecular complexity index is 70.0. The second-order valence-corrected chi connectivity index (χ2v) is 3.79. The highest BCUT2D eigenvalue weighted by molar-refractivity contribution is 6.26. The summed E-state index contributed by atoms with van der Waals surface area (Å²) >= 11 is 0. The minimum Gasteiger partial charge on any atom is -0.421 e. The van der Waals surface area contributed by atoms with Crippen molar-refractivity contribution in [2.24, 2.45) is 0 Å². The lowest BCUT2D eigenvalue weighted by molar-refractivity contribution is 0.0547. The van der Waals surface area contributed by atoms with E-state index in [1.54, 1.807) is 0 Å². The Morgan fingerprint density at radius 3 is 2.80 bits per heavy atom. The minimum absolute atomic E-state index is 0.194. The normalized spacial score (nSPS) is 14.7. The first kappa shape index (κ1) is 10.1. The van der Waals surface area contributed by atoms with Crippen molar-refractivity contribution >= 4 is 9.76 Å². The van der Waals surface area contributed by atoms with Crippen LogP contribution in [0.25, 0.3) is 0 Å². The molecule has 0 amide bonds. The maximum atomic E-state index is 8.80. The van der Waals surface area contributed by atoms with Crippen molar-refractivity contribution in [2.75, 3.05) is 13.2 Å². The van der Waals surface area contributed by atoms with Crippen molar-refractivity contribution in [3.05, 3.63) is 0 Å². The van der Waals surface area contributed by atoms with Gasteiger partial charge in [0.25, 0.3) is 0 Å². The zero-order valence-electron chi connectivity index (χ0n) is 6.42. The van der Waals surface area contributed by atoms with Gasteiger partial charge in [0.2, 0.25) is 0 Å². The molecule has 10 heavy (non-hydrogen) atoms. The van der Waals surface area contributed by atoms with Gasteiger partial charge < -0.3 is 14.6 Å². The highest BCUT2D eigenvalue weighted by Crippen LogP contribution is 1.88. The molecule has 62 valence electrons. The van der Waals surface area contributed by atoms with E-state index in [9.17, 15) is 0 Å². The van der Waals surface area contributed by atoms with Gasteiger partial charge in [-0.2, -0.15) is 0 Å². The lowest BCUT2D eigenvalue weighted by Crippen LogP contribution is -2.20. The second kappa shape index (κ2) is 7.21. The van der Waals surface area contributed by atoms with Crippen molar-refractivity contribution in [2.45, 2.75) is 25.5 Å². The van der Waals surface area contributed by atoms with Crippen LogP contribution in [0.5, 0.6) is 0 Å². The predicted octanol–water partition coefficient (Wildman–Crippen LogP) is -0.732. The van der Waals surface area contributed by atoms with Crippen molar-refractivity contribution in [1.29, 1.82) is 0 Å². The molecule has 0 saturated heterocycles. The Hall–Kier alpha value is 0.0969. The summed E-state index contributed by atoms with van der Waals surface area (Å²) in [5, 5.41) is 17.2. The van der Waals surface area contributed by atoms with E-state index in [0.29, 0.717) is 6.61 Å². The zero-order chi connectivity index (χ0) is 7.82. The van der Waals surface area contributed by atoms with E-state index in [0.717, 1.165) is 12.5 Å². The molecular weight excluding hydrogens is 148 g/mol. The van der Waals surface area contributed by atoms with E-state index in [4.69, 9.17) is 14.6 Å². The molecule has 0 aliphatic carbocycles. The van der Waals surface area contributed by atoms with Gasteiger partial charge in [-0.25, -0.2) is 0 Å². The Morgan fingerprint density at radius 2 is 2.30 bits per heavy atom. The molecule has 2 N–H and O–H groups in total. The standard InChI is InChI=1S/C6H16O3Si/c1-2-3-10-9-5-6(8)4-7/h6-8H,2-5,10H2,1H3. The molecule has 0 spiro atoms. The second-order valence-electron chi connectivity index (χ2n) is 2.26. The number of aliphatic hydroxyl groups is 2. The fourth-order valence-corrected chi connectivity index (χ4v) is 1.45. The molecule has 0 heterocycles. The monoisotopic (exact) mass is 164 g/mol. The zero-order valence-corrected chi connectivity index (χ0v) is 7.83. The van der Waals surface area contributed by atoms with Crippen LogP contribution < -0.4 is 0 Å². The third kappa shape index (κ3) is 6.22. The van der Waals surface area contributed by atoms with Crippen LogP contribution in [-0.2, 0) is 4.43 Å². The molecular formula is C6H16O3Si. The van der Waals surface area contributed by atoms with Crippen LogP contribution in [0.3, 0.4) is 0 Å². The van der Waals surface area contributed by atoms with E-state index in [1.807, 2.05) is 0 Å². The molecule has 0 saturated carbocycles. The highest BCUT2D eigenvalue weighted by Gasteiger charge is 1.99. The number of aliphatic hydroxyl groups excluding tert-OH is 2. The van der Waals surface area contributed by atoms with E-state index in [1.165, 1.54) is 0 Å². The smallest absolute Gasteiger partial charge is 0.161 e. The first-order valence-corrected chi connectivity index (χ1v) is 5.25. The maximum absolute atomic E-state index is 8.80. The van der Waals surface area contributed by atoms with Crippen LogP contribution in [0.4, 0.5) is 0 Å². The molecule has 0 bridgehead atoms. The Kier molecular flexibility index (Phi) is 7.28. The first-order valence-electron chi connectivity index (χ1n) is 3.68. The first-order chi connectivity index (χ1) is 4.81. The molecule has 0 rings (SSSR count). The fourth-order valence-electron chi connectivity index (χ4n) is 0.518. The van der Waals surface area contributed by atoms with Gasteiger partial charge in [0, 0.05) is 0 Å². The Balaban J connectivity index is 2.89. The molecule has 3 nitrogen and oxygen atoms in total. The topological polar surface area (TPSA) is 49.7 Å². The van der Waals surface area contributed by atoms with Crippen LogP contribution in [0.15, 0.2) is 0 Å². The molecule has 0 aliphatic heterocycles. The van der Waals surface area contributed by atoms with Gasteiger partial charge in [-0.05, 0) is 6.04 Å². The largest absolute Gasteiger partial charge is 0.421 e. The van der Waals surface area contributed by atoms with Crippen LogP contribution in [-0.4, -0.2) is 39.3 Å². The average Bonchev–Trinajstić information content (AvgIpc) is 1.98. The molecule has 0 fully saturated rings. The number of hydrogen-bond acceptors (Lipinski definition) is 3. The maximum Gasteiger partial charge on any atom is 0.161 e. The van der Waals surface area contributed by atoms with Gasteiger partial charge in [0.1, 0.15) is 0 Å². The van der Waals surface area contributed by atoms with Gasteiger partial charge in [-0.1, -0.05) is 13.3 Å². The summed E-state index contributed by atoms with van der Waals surface area (Å²) < 4.78 is 5.16. The molecule has 1 unspecified atom stereocenters. The predicted molar refractivity (Wildman–Crippen MR) is 42.7 cm³/mol. The van der Waals surface area contributed by atoms with Gasteiger partial charge in [0.05, 0.1) is 19.3 Å². The fraction of sp³-hybridized carbons (Fsp3) is 1.00. The summed E-state index contributed by atoms with van der Waals surface area (Å²) in [6.45, 7) is 2.22. The van der Waals surface area contributed by atoms with Crippen LogP contribution in [0.1, 0.15) is 13.3 Å². The van der Waals surface area contributed by atoms with Gasteiger partial charge in [-0.15, -0.1) is 0 Å². The van der Waals surface area contributed by atoms with E-state index < -0.39 is 15.9 Å². The Morgan fingerprint density at radius 1 is 1.60 bits per heavy atom. The molecule has 0 aromatic rings. The number of hydrogen-bond donors (Lipinski definition) is 2. The third-order valence-electron chi connectivity index (χ3n) is 1.16. The van der Waals surface area contributed by atoms with Crippen molar-refractivity contribution in [3.8, 4) is 0 Å². The van der Waals surface area contributed by atoms with E-state index in [2.05, 4.69) is 6.92 Å². The molecule has 0 aliphatic rings. The highest BCUT2D eigenvalue weighted by atomic mass is 28.2. The van der Waals surface area contributed by atoms with Gasteiger partial charge >= 0.3 is 0 Å². The Labute approximate surface area is 64.0 Å². The summed E-state index contributed by atoms with van der Waals surface area (Å²) in [4.78, 5) is 0. The lowest BCUT2D eigenvalue weighted by atomic mass is 10.4. The molecule has 0 aromatic heterocycles. The summed E-state index contributed by atoms with van der Waals surface area (Å²) in [5.41, 5.74) is 0. The van der Waals surface area contributed by atoms with Crippen molar-refractivity contribution < 1.29 is 14.6 Å². The quantitative estimate of drug-likeness (QED) is 0.402. The summed E-state index contributed by atoms with van der Waals surface area (Å²) in [7, 11) is -0.412. The SMILES string of the molecule is CCC[SiH2]OCC(O)CO. The summed E-state index contributed by atoms with van der Waals surface area (Å²) in [6.07, 6.45) is 0.478. The van der Waals surface area contributed by atoms with Gasteiger partial charge in [0.15, 0.2) is 9.76 Å². The molecule has 0 radical (unpaired) electrons. The van der Waals surface area contributed by atoms with Gasteiger partial charge in [-0.3, -0.25) is 0 Å². The average molecular weight is 164 g/mol. The lowest BCUT2D eigenvalue weighted by Gasteiger charge is -2.06. The summed E-state index contributed by atoms with van der Waals surface area (Å²) in [5.74, 6) is 0. The third-order valence-corrected chi connectivity index (χ3v) is 2.68. The molecule has 4 heteroatoms. The van der Waals surface area contributed by atoms with Crippen LogP contribution in [0, 0.1) is 0 Å². The number of rotatable bonds is 6. The van der Waals surface area contributed by atoms with Crippen molar-refractivity contribution in [3.63, 3.8) is 0 Å². The van der Waals surface area contributed by atoms with Crippen LogP contribution >= 0.6 is 0 Å². The summed E-state index contributed by atoms with van der Waals surface area (Å²) in [6, 6.07) is 1.15. The molecule has 1 atom stereocenters.